The first-order valence-corrected chi connectivity index (χ1v) is 5.78. The highest BCUT2D eigenvalue weighted by Gasteiger charge is 2.14. The zero-order chi connectivity index (χ0) is 12.1. The molecule has 0 fully saturated rings. The molecule has 0 aliphatic rings. The van der Waals surface area contributed by atoms with Gasteiger partial charge in [0.2, 0.25) is 0 Å². The van der Waals surface area contributed by atoms with Crippen molar-refractivity contribution in [1.82, 2.24) is 0 Å². The van der Waals surface area contributed by atoms with E-state index in [-0.39, 0.29) is 5.92 Å². The Balaban J connectivity index is 3.13. The lowest BCUT2D eigenvalue weighted by Crippen LogP contribution is -1.98. The summed E-state index contributed by atoms with van der Waals surface area (Å²) in [5.41, 5.74) is 1.00. The zero-order valence-electron chi connectivity index (χ0n) is 9.60. The van der Waals surface area contributed by atoms with Crippen LogP contribution in [0.15, 0.2) is 12.1 Å². The number of benzene rings is 1. The zero-order valence-corrected chi connectivity index (χ0v) is 11.1. The quantitative estimate of drug-likeness (QED) is 0.723. The van der Waals surface area contributed by atoms with E-state index in [0.29, 0.717) is 15.8 Å². The van der Waals surface area contributed by atoms with E-state index in [1.54, 1.807) is 13.2 Å². The minimum absolute atomic E-state index is 0.249. The Hall–Kier alpha value is -0.840. The molecule has 16 heavy (non-hydrogen) atoms. The first-order chi connectivity index (χ1) is 7.60. The van der Waals surface area contributed by atoms with Crippen molar-refractivity contribution >= 4 is 23.2 Å². The summed E-state index contributed by atoms with van der Waals surface area (Å²) in [5, 5.41) is 1.17. The molecular weight excluding hydrogens is 243 g/mol. The van der Waals surface area contributed by atoms with Crippen molar-refractivity contribution in [3.63, 3.8) is 0 Å². The molecule has 1 nitrogen and oxygen atoms in total. The van der Waals surface area contributed by atoms with Crippen molar-refractivity contribution < 1.29 is 4.74 Å². The molecule has 0 saturated heterocycles. The van der Waals surface area contributed by atoms with Crippen LogP contribution in [0, 0.1) is 11.8 Å². The molecule has 3 heteroatoms. The van der Waals surface area contributed by atoms with Crippen LogP contribution >= 0.6 is 23.2 Å². The fourth-order valence-corrected chi connectivity index (χ4v) is 2.11. The Morgan fingerprint density at radius 3 is 2.62 bits per heavy atom. The summed E-state index contributed by atoms with van der Waals surface area (Å²) < 4.78 is 5.29. The Bertz CT molecular complexity index is 430. The number of rotatable bonds is 3. The average Bonchev–Trinajstić information content (AvgIpc) is 2.24. The maximum Gasteiger partial charge on any atom is 0.141 e. The molecule has 86 valence electrons. The largest absolute Gasteiger partial charge is 0.495 e. The number of methoxy groups -OCH3 is 1. The standard InChI is InChI=1S/C13H14Cl2O/c1-4-5-6-9(2)11-7-10(14)8-12(15)13(11)16-3/h7-9H,6H2,1-3H3. The van der Waals surface area contributed by atoms with Crippen molar-refractivity contribution in [3.8, 4) is 17.6 Å². The highest BCUT2D eigenvalue weighted by atomic mass is 35.5. The van der Waals surface area contributed by atoms with Crippen LogP contribution in [-0.2, 0) is 0 Å². The molecule has 1 unspecified atom stereocenters. The van der Waals surface area contributed by atoms with E-state index in [1.165, 1.54) is 0 Å². The van der Waals surface area contributed by atoms with Gasteiger partial charge in [0.05, 0.1) is 12.1 Å². The average molecular weight is 257 g/mol. The summed E-state index contributed by atoms with van der Waals surface area (Å²) in [6.07, 6.45) is 0.767. The van der Waals surface area contributed by atoms with Gasteiger partial charge in [0.1, 0.15) is 5.75 Å². The van der Waals surface area contributed by atoms with Gasteiger partial charge in [-0.15, -0.1) is 11.8 Å². The molecule has 0 aliphatic heterocycles. The summed E-state index contributed by atoms with van der Waals surface area (Å²) in [4.78, 5) is 0. The Kier molecular flexibility index (Phi) is 4.99. The van der Waals surface area contributed by atoms with Crippen LogP contribution < -0.4 is 4.74 Å². The normalized spacial score (nSPS) is 11.6. The van der Waals surface area contributed by atoms with E-state index in [1.807, 2.05) is 13.0 Å². The van der Waals surface area contributed by atoms with Gasteiger partial charge in [-0.05, 0) is 25.0 Å². The molecule has 0 radical (unpaired) electrons. The number of hydrogen-bond acceptors (Lipinski definition) is 1. The van der Waals surface area contributed by atoms with Crippen LogP contribution in [0.3, 0.4) is 0 Å². The molecule has 0 amide bonds. The van der Waals surface area contributed by atoms with E-state index in [4.69, 9.17) is 27.9 Å². The van der Waals surface area contributed by atoms with Crippen molar-refractivity contribution in [2.45, 2.75) is 26.2 Å². The molecule has 1 rings (SSSR count). The van der Waals surface area contributed by atoms with Gasteiger partial charge in [-0.2, -0.15) is 0 Å². The van der Waals surface area contributed by atoms with Crippen molar-refractivity contribution in [3.05, 3.63) is 27.7 Å². The van der Waals surface area contributed by atoms with Crippen LogP contribution in [0.5, 0.6) is 5.75 Å². The molecule has 1 aromatic rings. The maximum atomic E-state index is 6.07. The fourth-order valence-electron chi connectivity index (χ4n) is 1.53. The van der Waals surface area contributed by atoms with Gasteiger partial charge in [-0.1, -0.05) is 30.1 Å². The highest BCUT2D eigenvalue weighted by molar-refractivity contribution is 6.35. The van der Waals surface area contributed by atoms with Crippen molar-refractivity contribution in [2.75, 3.05) is 7.11 Å². The second-order valence-electron chi connectivity index (χ2n) is 3.54. The molecule has 1 aromatic carbocycles. The first kappa shape index (κ1) is 13.2. The molecule has 0 heterocycles. The summed E-state index contributed by atoms with van der Waals surface area (Å²) in [7, 11) is 1.61. The number of ether oxygens (including phenoxy) is 1. The molecule has 0 spiro atoms. The van der Waals surface area contributed by atoms with Gasteiger partial charge >= 0.3 is 0 Å². The van der Waals surface area contributed by atoms with E-state index >= 15 is 0 Å². The second kappa shape index (κ2) is 6.03. The van der Waals surface area contributed by atoms with E-state index < -0.39 is 0 Å². The molecule has 0 aliphatic carbocycles. The van der Waals surface area contributed by atoms with Crippen LogP contribution in [0.25, 0.3) is 0 Å². The van der Waals surface area contributed by atoms with Gasteiger partial charge in [-0.3, -0.25) is 0 Å². The minimum atomic E-state index is 0.249. The third-order valence-corrected chi connectivity index (χ3v) is 2.86. The van der Waals surface area contributed by atoms with Gasteiger partial charge in [-0.25, -0.2) is 0 Å². The maximum absolute atomic E-state index is 6.07. The summed E-state index contributed by atoms with van der Waals surface area (Å²) in [6.45, 7) is 3.91. The third kappa shape index (κ3) is 3.07. The lowest BCUT2D eigenvalue weighted by atomic mass is 9.97. The third-order valence-electron chi connectivity index (χ3n) is 2.36. The Morgan fingerprint density at radius 2 is 2.06 bits per heavy atom. The monoisotopic (exact) mass is 256 g/mol. The van der Waals surface area contributed by atoms with E-state index in [0.717, 1.165) is 12.0 Å². The summed E-state index contributed by atoms with van der Waals surface area (Å²) in [5.74, 6) is 6.86. The van der Waals surface area contributed by atoms with Gasteiger partial charge < -0.3 is 4.74 Å². The van der Waals surface area contributed by atoms with Crippen molar-refractivity contribution in [1.29, 1.82) is 0 Å². The molecule has 0 aromatic heterocycles. The summed E-state index contributed by atoms with van der Waals surface area (Å²) in [6, 6.07) is 3.57. The van der Waals surface area contributed by atoms with Crippen LogP contribution in [-0.4, -0.2) is 7.11 Å². The topological polar surface area (TPSA) is 9.23 Å². The number of hydrogen-bond donors (Lipinski definition) is 0. The smallest absolute Gasteiger partial charge is 0.141 e. The molecular formula is C13H14Cl2O. The van der Waals surface area contributed by atoms with E-state index in [2.05, 4.69) is 18.8 Å². The van der Waals surface area contributed by atoms with Gasteiger partial charge in [0.25, 0.3) is 0 Å². The van der Waals surface area contributed by atoms with Crippen LogP contribution in [0.4, 0.5) is 0 Å². The molecule has 1 atom stereocenters. The Labute approximate surface area is 107 Å². The molecule has 0 N–H and O–H groups in total. The van der Waals surface area contributed by atoms with Gasteiger partial charge in [0.15, 0.2) is 0 Å². The fraction of sp³-hybridized carbons (Fsp3) is 0.385. The van der Waals surface area contributed by atoms with Gasteiger partial charge in [0, 0.05) is 17.0 Å². The van der Waals surface area contributed by atoms with E-state index in [9.17, 15) is 0 Å². The molecule has 0 saturated carbocycles. The first-order valence-electron chi connectivity index (χ1n) is 5.02. The van der Waals surface area contributed by atoms with Crippen molar-refractivity contribution in [2.24, 2.45) is 0 Å². The Morgan fingerprint density at radius 1 is 1.38 bits per heavy atom. The van der Waals surface area contributed by atoms with Crippen LogP contribution in [0.2, 0.25) is 10.0 Å². The predicted octanol–water partition coefficient (Wildman–Crippen LogP) is 4.52. The lowest BCUT2D eigenvalue weighted by Gasteiger charge is -2.15. The predicted molar refractivity (Wildman–Crippen MR) is 69.5 cm³/mol. The second-order valence-corrected chi connectivity index (χ2v) is 4.39. The SMILES string of the molecule is CC#CCC(C)c1cc(Cl)cc(Cl)c1OC. The minimum Gasteiger partial charge on any atom is -0.495 e. The lowest BCUT2D eigenvalue weighted by molar-refractivity contribution is 0.407. The highest BCUT2D eigenvalue weighted by Crippen LogP contribution is 2.37. The van der Waals surface area contributed by atoms with Crippen LogP contribution in [0.1, 0.15) is 31.7 Å². The number of halogens is 2. The molecule has 0 bridgehead atoms. The summed E-state index contributed by atoms with van der Waals surface area (Å²) >= 11 is 12.0.